The second-order valence-corrected chi connectivity index (χ2v) is 28.3. The van der Waals surface area contributed by atoms with Crippen molar-refractivity contribution >= 4 is 109 Å². The molecule has 8 amide bonds. The molecular weight excluding hydrogens is 1270 g/mol. The Kier molecular flexibility index (Phi) is 16.3. The Morgan fingerprint density at radius 2 is 0.510 bits per heavy atom. The lowest BCUT2D eigenvalue weighted by molar-refractivity contribution is -0.117. The lowest BCUT2D eigenvalue weighted by Gasteiger charge is -2.33. The summed E-state index contributed by atoms with van der Waals surface area (Å²) in [7, 11) is 0. The van der Waals surface area contributed by atoms with E-state index < -0.39 is 12.3 Å². The van der Waals surface area contributed by atoms with Gasteiger partial charge >= 0.3 is 0 Å². The standard InChI is InChI=1S/C86H80N8O8/c95-79-25-9-33-87(79)59-41-55(42-60(49-59)88-34-10-26-80(88)96)67-17-1-5-21-71(67)75-53-77(73-23-7-3-19-69(73)57-45-63(91-37-13-29-83(91)99)51-64(46-57)92-38-14-30-84(92)100)78(74-24-8-4-20-70(74)58-47-65(93-39-15-31-85(93)101)52-66(48-58)94-40-16-32-86(94)102)54-76(75)72-22-6-2-18-68(72)56-43-61(89-35-11-27-81(89)97)50-62(44-56)90-36-12-28-82(90)98/h1-8,17-24,41-53,76H,9-16,25-40,54H2/i53D,54D. The molecule has 8 aliphatic heterocycles. The molecule has 9 aliphatic rings. The number of hydrogen-bond acceptors (Lipinski definition) is 8. The Morgan fingerprint density at radius 1 is 0.275 bits per heavy atom. The van der Waals surface area contributed by atoms with Crippen LogP contribution in [-0.4, -0.2) is 99.6 Å². The van der Waals surface area contributed by atoms with Crippen LogP contribution in [0.15, 0.2) is 176 Å². The number of carbonyl (C=O) groups excluding carboxylic acids is 8. The van der Waals surface area contributed by atoms with Gasteiger partial charge in [0.25, 0.3) is 0 Å². The maximum atomic E-state index is 13.9. The summed E-state index contributed by atoms with van der Waals surface area (Å²) in [4.78, 5) is 126. The first-order valence-electron chi connectivity index (χ1n) is 37.6. The molecule has 512 valence electrons. The van der Waals surface area contributed by atoms with E-state index in [0.717, 1.165) is 5.56 Å². The van der Waals surface area contributed by atoms with Crippen LogP contribution in [0.4, 0.5) is 45.5 Å². The van der Waals surface area contributed by atoms with E-state index in [4.69, 9.17) is 0 Å². The fraction of sp³-hybridized carbons (Fsp3) is 0.302. The number of anilines is 8. The molecular formula is C86H80N8O8. The van der Waals surface area contributed by atoms with Crippen molar-refractivity contribution in [2.45, 2.75) is 115 Å². The summed E-state index contributed by atoms with van der Waals surface area (Å²) in [6.45, 7) is 4.02. The van der Waals surface area contributed by atoms with Crippen molar-refractivity contribution in [3.8, 4) is 44.5 Å². The topological polar surface area (TPSA) is 162 Å². The van der Waals surface area contributed by atoms with E-state index in [9.17, 15) is 41.1 Å². The predicted molar refractivity (Wildman–Crippen MR) is 402 cm³/mol. The van der Waals surface area contributed by atoms with Crippen molar-refractivity contribution in [1.29, 1.82) is 0 Å². The van der Waals surface area contributed by atoms with Crippen LogP contribution < -0.4 is 39.2 Å². The van der Waals surface area contributed by atoms with Crippen LogP contribution in [0.1, 0.15) is 140 Å². The zero-order chi connectivity index (χ0) is 71.0. The van der Waals surface area contributed by atoms with Crippen LogP contribution in [0.3, 0.4) is 0 Å². The van der Waals surface area contributed by atoms with Crippen molar-refractivity contribution in [2.75, 3.05) is 91.6 Å². The van der Waals surface area contributed by atoms with Gasteiger partial charge in [-0.3, -0.25) is 38.4 Å². The number of allylic oxidation sites excluding steroid dienone is 4. The Hall–Kier alpha value is -11.0. The first-order chi connectivity index (χ1) is 50.7. The Labute approximate surface area is 596 Å². The van der Waals surface area contributed by atoms with Crippen LogP contribution in [0.5, 0.6) is 0 Å². The molecule has 2 unspecified atom stereocenters. The minimum atomic E-state index is -1.29. The molecule has 0 saturated carbocycles. The summed E-state index contributed by atoms with van der Waals surface area (Å²) in [6, 6.07) is 55.7. The van der Waals surface area contributed by atoms with Gasteiger partial charge in [0.2, 0.25) is 47.3 Å². The first kappa shape index (κ1) is 62.0. The molecule has 0 N–H and O–H groups in total. The van der Waals surface area contributed by atoms with Crippen molar-refractivity contribution in [2.24, 2.45) is 0 Å². The van der Waals surface area contributed by atoms with Gasteiger partial charge in [0.05, 0.1) is 1.37 Å². The summed E-state index contributed by atoms with van der Waals surface area (Å²) >= 11 is 0. The molecule has 1 aliphatic carbocycles. The normalized spacial score (nSPS) is 20.8. The second kappa shape index (κ2) is 26.8. The molecule has 16 nitrogen and oxygen atoms in total. The van der Waals surface area contributed by atoms with E-state index in [1.54, 1.807) is 39.2 Å². The van der Waals surface area contributed by atoms with Gasteiger partial charge in [-0.1, -0.05) is 97.1 Å². The molecule has 8 aromatic rings. The van der Waals surface area contributed by atoms with E-state index in [2.05, 4.69) is 0 Å². The van der Waals surface area contributed by atoms with E-state index in [1.807, 2.05) is 170 Å². The van der Waals surface area contributed by atoms with Gasteiger partial charge in [-0.25, -0.2) is 0 Å². The molecule has 17 rings (SSSR count). The molecule has 8 heterocycles. The average molecular weight is 1360 g/mol. The highest BCUT2D eigenvalue weighted by Crippen LogP contribution is 2.55. The molecule has 0 aromatic heterocycles. The second-order valence-electron chi connectivity index (χ2n) is 28.3. The number of benzene rings is 8. The number of hydrogen-bond donors (Lipinski definition) is 0. The Bertz CT molecular complexity index is 4860. The highest BCUT2D eigenvalue weighted by molar-refractivity contribution is 6.11. The zero-order valence-corrected chi connectivity index (χ0v) is 57.1. The third kappa shape index (κ3) is 11.9. The summed E-state index contributed by atoms with van der Waals surface area (Å²) < 4.78 is 23.7. The van der Waals surface area contributed by atoms with Crippen molar-refractivity contribution in [3.63, 3.8) is 0 Å². The van der Waals surface area contributed by atoms with Crippen LogP contribution in [0.25, 0.3) is 61.2 Å². The maximum Gasteiger partial charge on any atom is 0.227 e. The third-order valence-electron chi connectivity index (χ3n) is 22.0. The number of nitrogens with zero attached hydrogens (tertiary/aromatic N) is 8. The van der Waals surface area contributed by atoms with Gasteiger partial charge in [0.1, 0.15) is 0 Å². The van der Waals surface area contributed by atoms with Gasteiger partial charge in [-0.15, -0.1) is 0 Å². The SMILES string of the molecule is [2H]C1=C(c2ccccc2-c2cc(N3CCCC3=O)cc(N3CCCC3=O)c2)C(c2ccccc2-c2cc(N3CCCC3=O)cc(N3CCCC3=O)c2)C([2H])C(c2ccccc2-c2cc(N3CCCC3=O)cc(N3CCCC3=O)c2)=C1c1ccccc1-c1cc(N2CCCC2=O)cc(N2CCCC2=O)c1. The molecule has 102 heavy (non-hydrogen) atoms. The van der Waals surface area contributed by atoms with Gasteiger partial charge in [-0.2, -0.15) is 0 Å². The average Bonchev–Trinajstić information content (AvgIpc) is 1.14. The number of carbonyl (C=O) groups is 8. The van der Waals surface area contributed by atoms with Crippen LogP contribution in [0, 0.1) is 0 Å². The molecule has 0 bridgehead atoms. The summed E-state index contributed by atoms with van der Waals surface area (Å²) in [6.07, 6.45) is 7.20. The predicted octanol–water partition coefficient (Wildman–Crippen LogP) is 15.6. The fourth-order valence-electron chi connectivity index (χ4n) is 17.1. The van der Waals surface area contributed by atoms with Gasteiger partial charge < -0.3 is 39.2 Å². The van der Waals surface area contributed by atoms with E-state index in [0.29, 0.717) is 279 Å². The lowest BCUT2D eigenvalue weighted by atomic mass is 9.70. The molecule has 8 aromatic carbocycles. The van der Waals surface area contributed by atoms with E-state index in [-0.39, 0.29) is 53.3 Å². The highest BCUT2D eigenvalue weighted by atomic mass is 16.2. The highest BCUT2D eigenvalue weighted by Gasteiger charge is 2.37. The first-order valence-corrected chi connectivity index (χ1v) is 36.5. The molecule has 0 radical (unpaired) electrons. The molecule has 8 saturated heterocycles. The summed E-state index contributed by atoms with van der Waals surface area (Å²) in [5.41, 5.74) is 14.9. The smallest absolute Gasteiger partial charge is 0.227 e. The fourth-order valence-corrected chi connectivity index (χ4v) is 17.1. The largest absolute Gasteiger partial charge is 0.312 e. The van der Waals surface area contributed by atoms with Gasteiger partial charge in [0, 0.05) is 157 Å². The molecule has 8 fully saturated rings. The van der Waals surface area contributed by atoms with Crippen LogP contribution >= 0.6 is 0 Å². The lowest BCUT2D eigenvalue weighted by Crippen LogP contribution is -2.26. The maximum absolute atomic E-state index is 13.9. The van der Waals surface area contributed by atoms with Gasteiger partial charge in [0.15, 0.2) is 0 Å². The van der Waals surface area contributed by atoms with Gasteiger partial charge in [-0.05, 0) is 220 Å². The summed E-state index contributed by atoms with van der Waals surface area (Å²) in [5.74, 6) is -1.14. The third-order valence-corrected chi connectivity index (χ3v) is 22.0. The van der Waals surface area contributed by atoms with Crippen LogP contribution in [0.2, 0.25) is 0 Å². The van der Waals surface area contributed by atoms with E-state index >= 15 is 0 Å². The minimum Gasteiger partial charge on any atom is -0.312 e. The Balaban J connectivity index is 0.972. The van der Waals surface area contributed by atoms with E-state index in [1.165, 1.54) is 0 Å². The number of rotatable bonds is 16. The van der Waals surface area contributed by atoms with Crippen molar-refractivity contribution in [1.82, 2.24) is 0 Å². The number of amides is 8. The Morgan fingerprint density at radius 3 is 0.804 bits per heavy atom. The minimum absolute atomic E-state index is 0.0151. The van der Waals surface area contributed by atoms with Crippen LogP contribution in [-0.2, 0) is 38.4 Å². The summed E-state index contributed by atoms with van der Waals surface area (Å²) in [5, 5.41) is 0. The molecule has 16 heteroatoms. The zero-order valence-electron chi connectivity index (χ0n) is 59.1. The molecule has 2 atom stereocenters. The van der Waals surface area contributed by atoms with Crippen molar-refractivity contribution < 1.29 is 41.1 Å². The molecule has 0 spiro atoms. The monoisotopic (exact) mass is 1350 g/mol. The van der Waals surface area contributed by atoms with Crippen molar-refractivity contribution in [3.05, 3.63) is 198 Å². The quantitative estimate of drug-likeness (QED) is 0.0923.